The van der Waals surface area contributed by atoms with Gasteiger partial charge in [0.05, 0.1) is 11.9 Å². The zero-order valence-corrected chi connectivity index (χ0v) is 21.6. The summed E-state index contributed by atoms with van der Waals surface area (Å²) in [5.74, 6) is -0.719. The van der Waals surface area contributed by atoms with E-state index in [1.54, 1.807) is 23.7 Å². The average Bonchev–Trinajstić information content (AvgIpc) is 3.36. The Morgan fingerprint density at radius 3 is 2.47 bits per heavy atom. The Morgan fingerprint density at radius 2 is 1.84 bits per heavy atom. The third-order valence-electron chi connectivity index (χ3n) is 8.19. The first-order chi connectivity index (χ1) is 18.0. The molecule has 1 aromatic heterocycles. The molecule has 2 aliphatic heterocycles. The second kappa shape index (κ2) is 9.17. The van der Waals surface area contributed by atoms with Gasteiger partial charge in [-0.25, -0.2) is 17.8 Å². The van der Waals surface area contributed by atoms with Gasteiger partial charge in [0.25, 0.3) is 10.0 Å². The molecule has 2 saturated heterocycles. The highest BCUT2D eigenvalue weighted by Crippen LogP contribution is 2.44. The molecule has 0 amide bonds. The number of nitrogens with zero attached hydrogens (tertiary/aromatic N) is 4. The number of fused-ring (bicyclic) bond motifs is 1. The number of aromatic nitrogens is 2. The zero-order chi connectivity index (χ0) is 26.8. The van der Waals surface area contributed by atoms with E-state index in [1.165, 1.54) is 29.0 Å². The van der Waals surface area contributed by atoms with Crippen LogP contribution < -0.4 is 0 Å². The van der Waals surface area contributed by atoms with Crippen molar-refractivity contribution in [3.63, 3.8) is 0 Å². The monoisotopic (exact) mass is 548 g/mol. The lowest BCUT2D eigenvalue weighted by Gasteiger charge is -2.40. The average molecular weight is 549 g/mol. The Balaban J connectivity index is 1.27. The van der Waals surface area contributed by atoms with Gasteiger partial charge >= 0.3 is 6.18 Å². The first-order valence-electron chi connectivity index (χ1n) is 12.7. The van der Waals surface area contributed by atoms with Crippen molar-refractivity contribution in [3.8, 4) is 0 Å². The van der Waals surface area contributed by atoms with Crippen LogP contribution >= 0.6 is 0 Å². The second-order valence-corrected chi connectivity index (χ2v) is 12.5. The Morgan fingerprint density at radius 1 is 1.08 bits per heavy atom. The zero-order valence-electron chi connectivity index (χ0n) is 20.8. The van der Waals surface area contributed by atoms with Gasteiger partial charge in [0.1, 0.15) is 5.82 Å². The van der Waals surface area contributed by atoms with Gasteiger partial charge < -0.3 is 4.57 Å². The summed E-state index contributed by atoms with van der Waals surface area (Å²) in [7, 11) is -2.06. The lowest BCUT2D eigenvalue weighted by Crippen LogP contribution is -2.48. The summed E-state index contributed by atoms with van der Waals surface area (Å²) in [6.45, 7) is 2.16. The first kappa shape index (κ1) is 25.5. The molecule has 2 fully saturated rings. The number of likely N-dealkylation sites (tertiary alicyclic amines) is 1. The van der Waals surface area contributed by atoms with Crippen LogP contribution in [-0.4, -0.2) is 59.4 Å². The van der Waals surface area contributed by atoms with Gasteiger partial charge in [0.2, 0.25) is 0 Å². The van der Waals surface area contributed by atoms with Crippen LogP contribution in [0.4, 0.5) is 17.6 Å². The summed E-state index contributed by atoms with van der Waals surface area (Å²) < 4.78 is 83.9. The maximum absolute atomic E-state index is 15.3. The van der Waals surface area contributed by atoms with Crippen molar-refractivity contribution in [1.29, 1.82) is 0 Å². The molecular weight excluding hydrogens is 520 g/mol. The molecule has 2 aromatic carbocycles. The smallest absolute Gasteiger partial charge is 0.339 e. The van der Waals surface area contributed by atoms with Crippen molar-refractivity contribution >= 4 is 10.0 Å². The highest BCUT2D eigenvalue weighted by Gasteiger charge is 2.43. The largest absolute Gasteiger partial charge is 0.416 e. The minimum absolute atomic E-state index is 0.0357. The molecule has 6 rings (SSSR count). The van der Waals surface area contributed by atoms with Crippen LogP contribution in [0, 0.1) is 5.82 Å². The third kappa shape index (κ3) is 4.44. The van der Waals surface area contributed by atoms with Gasteiger partial charge in [-0.1, -0.05) is 24.3 Å². The van der Waals surface area contributed by atoms with Gasteiger partial charge in [-0.2, -0.15) is 17.5 Å². The van der Waals surface area contributed by atoms with E-state index in [2.05, 4.69) is 9.88 Å². The van der Waals surface area contributed by atoms with Gasteiger partial charge in [0.15, 0.2) is 5.03 Å². The normalized spacial score (nSPS) is 22.8. The highest BCUT2D eigenvalue weighted by atomic mass is 32.2. The minimum atomic E-state index is -4.41. The Labute approximate surface area is 218 Å². The summed E-state index contributed by atoms with van der Waals surface area (Å²) in [6.07, 6.45) is 0.596. The van der Waals surface area contributed by atoms with E-state index in [9.17, 15) is 21.6 Å². The molecule has 3 aliphatic rings. The van der Waals surface area contributed by atoms with Crippen molar-refractivity contribution < 1.29 is 26.0 Å². The van der Waals surface area contributed by atoms with Gasteiger partial charge in [0, 0.05) is 44.2 Å². The number of aryl methyl sites for hydroxylation is 1. The first-order valence-corrected chi connectivity index (χ1v) is 14.2. The Hall–Kier alpha value is -2.76. The standard InChI is InChI=1S/C27H28F4N4O2S/c1-33-15-26(32-16-33)38(36,37)35-13-19(14-35)22-12-21-18(10-24(22)28)11-25(34-6-3-7-34)23(21)9-17-4-2-5-20(8-17)27(29,30)31/h2,4-5,8,10,12,15-16,19,23,25H,3,6-7,9,11,13-14H2,1H3. The van der Waals surface area contributed by atoms with Crippen LogP contribution in [0.5, 0.6) is 0 Å². The Bertz CT molecular complexity index is 1480. The molecule has 1 aliphatic carbocycles. The van der Waals surface area contributed by atoms with E-state index in [0.717, 1.165) is 36.7 Å². The molecule has 2 unspecified atom stereocenters. The van der Waals surface area contributed by atoms with Crippen LogP contribution in [0.2, 0.25) is 0 Å². The number of rotatable bonds is 6. The maximum Gasteiger partial charge on any atom is 0.416 e. The van der Waals surface area contributed by atoms with Crippen LogP contribution in [0.15, 0.2) is 53.9 Å². The molecule has 0 spiro atoms. The number of imidazole rings is 1. The molecule has 38 heavy (non-hydrogen) atoms. The fourth-order valence-electron chi connectivity index (χ4n) is 5.97. The molecule has 202 valence electrons. The quantitative estimate of drug-likeness (QED) is 0.431. The molecule has 0 saturated carbocycles. The predicted molar refractivity (Wildman–Crippen MR) is 133 cm³/mol. The summed E-state index contributed by atoms with van der Waals surface area (Å²) >= 11 is 0. The number of halogens is 4. The fourth-order valence-corrected chi connectivity index (χ4v) is 7.47. The van der Waals surface area contributed by atoms with Crippen molar-refractivity contribution in [2.45, 2.75) is 48.3 Å². The van der Waals surface area contributed by atoms with Crippen LogP contribution in [0.1, 0.15) is 46.1 Å². The predicted octanol–water partition coefficient (Wildman–Crippen LogP) is 4.32. The van der Waals surface area contributed by atoms with E-state index in [1.807, 2.05) is 6.07 Å². The lowest BCUT2D eigenvalue weighted by atomic mass is 9.85. The van der Waals surface area contributed by atoms with Gasteiger partial charge in [-0.15, -0.1) is 0 Å². The number of hydrogen-bond acceptors (Lipinski definition) is 4. The summed E-state index contributed by atoms with van der Waals surface area (Å²) in [5.41, 5.74) is 2.25. The van der Waals surface area contributed by atoms with Crippen LogP contribution in [0.25, 0.3) is 0 Å². The minimum Gasteiger partial charge on any atom is -0.339 e. The van der Waals surface area contributed by atoms with Gasteiger partial charge in [-0.3, -0.25) is 4.90 Å². The molecule has 3 aromatic rings. The summed E-state index contributed by atoms with van der Waals surface area (Å²) in [4.78, 5) is 6.28. The molecule has 11 heteroatoms. The maximum atomic E-state index is 15.3. The lowest BCUT2D eigenvalue weighted by molar-refractivity contribution is -0.137. The van der Waals surface area contributed by atoms with E-state index >= 15 is 4.39 Å². The van der Waals surface area contributed by atoms with Crippen molar-refractivity contribution in [2.24, 2.45) is 7.05 Å². The van der Waals surface area contributed by atoms with E-state index in [-0.39, 0.29) is 41.8 Å². The highest BCUT2D eigenvalue weighted by molar-refractivity contribution is 7.89. The molecule has 0 N–H and O–H groups in total. The molecule has 0 bridgehead atoms. The molecular formula is C27H28F4N4O2S. The van der Waals surface area contributed by atoms with E-state index in [4.69, 9.17) is 0 Å². The SMILES string of the molecule is Cn1cnc(S(=O)(=O)N2CC(c3cc4c(cc3F)CC(N3CCC3)C4Cc3cccc(C(F)(F)F)c3)C2)c1. The van der Waals surface area contributed by atoms with E-state index < -0.39 is 21.8 Å². The summed E-state index contributed by atoms with van der Waals surface area (Å²) in [6, 6.07) is 8.95. The van der Waals surface area contributed by atoms with E-state index in [0.29, 0.717) is 24.0 Å². The second-order valence-electron chi connectivity index (χ2n) is 10.6. The fraction of sp³-hybridized carbons (Fsp3) is 0.444. The molecule has 2 atom stereocenters. The number of alkyl halides is 3. The topological polar surface area (TPSA) is 58.4 Å². The number of benzene rings is 2. The van der Waals surface area contributed by atoms with Crippen molar-refractivity contribution in [3.05, 3.63) is 82.6 Å². The van der Waals surface area contributed by atoms with Crippen LogP contribution in [0.3, 0.4) is 0 Å². The number of sulfonamides is 1. The summed E-state index contributed by atoms with van der Waals surface area (Å²) in [5, 5.41) is -0.0357. The molecule has 0 radical (unpaired) electrons. The Kier molecular flexibility index (Phi) is 6.16. The molecule has 3 heterocycles. The molecule has 6 nitrogen and oxygen atoms in total. The number of hydrogen-bond donors (Lipinski definition) is 0. The van der Waals surface area contributed by atoms with Gasteiger partial charge in [-0.05, 0) is 66.7 Å². The van der Waals surface area contributed by atoms with Crippen molar-refractivity contribution in [2.75, 3.05) is 26.2 Å². The third-order valence-corrected chi connectivity index (χ3v) is 9.91. The van der Waals surface area contributed by atoms with Crippen molar-refractivity contribution in [1.82, 2.24) is 18.8 Å². The van der Waals surface area contributed by atoms with Crippen LogP contribution in [-0.2, 0) is 36.1 Å².